The van der Waals surface area contributed by atoms with Gasteiger partial charge in [0.1, 0.15) is 5.75 Å². The first-order valence-electron chi connectivity index (χ1n) is 6.94. The Morgan fingerprint density at radius 3 is 2.57 bits per heavy atom. The van der Waals surface area contributed by atoms with E-state index in [1.54, 1.807) is 12.1 Å². The number of benzene rings is 2. The molecule has 0 saturated heterocycles. The number of alkyl halides is 3. The monoisotopic (exact) mass is 352 g/mol. The van der Waals surface area contributed by atoms with Crippen LogP contribution in [0.3, 0.4) is 0 Å². The Kier molecular flexibility index (Phi) is 4.24. The normalized spacial score (nSPS) is 15.0. The van der Waals surface area contributed by atoms with Gasteiger partial charge >= 0.3 is 6.61 Å². The molecular formula is C17H15BrF2O. The SMILES string of the molecule is FC(F)Oc1ccccc1C(Br)c1ccc2c(c1)CCC2. The van der Waals surface area contributed by atoms with Crippen molar-refractivity contribution < 1.29 is 13.5 Å². The molecule has 1 atom stereocenters. The van der Waals surface area contributed by atoms with Crippen molar-refractivity contribution in [1.82, 2.24) is 0 Å². The van der Waals surface area contributed by atoms with Gasteiger partial charge in [0.15, 0.2) is 0 Å². The fraction of sp³-hybridized carbons (Fsp3) is 0.294. The van der Waals surface area contributed by atoms with Crippen LogP contribution in [-0.4, -0.2) is 6.61 Å². The molecule has 1 unspecified atom stereocenters. The van der Waals surface area contributed by atoms with Gasteiger partial charge in [0, 0.05) is 5.56 Å². The molecule has 2 aromatic carbocycles. The second-order valence-corrected chi connectivity index (χ2v) is 6.08. The summed E-state index contributed by atoms with van der Waals surface area (Å²) in [6.45, 7) is -2.81. The predicted octanol–water partition coefficient (Wildman–Crippen LogP) is 5.26. The highest BCUT2D eigenvalue weighted by Crippen LogP contribution is 2.38. The second-order valence-electron chi connectivity index (χ2n) is 5.16. The Bertz CT molecular complexity index is 642. The highest BCUT2D eigenvalue weighted by atomic mass is 79.9. The lowest BCUT2D eigenvalue weighted by atomic mass is 10.00. The molecule has 0 aliphatic heterocycles. The minimum absolute atomic E-state index is 0.154. The predicted molar refractivity (Wildman–Crippen MR) is 82.3 cm³/mol. The molecule has 0 bridgehead atoms. The van der Waals surface area contributed by atoms with Crippen molar-refractivity contribution in [3.63, 3.8) is 0 Å². The molecule has 2 aromatic rings. The Balaban J connectivity index is 1.93. The molecule has 3 rings (SSSR count). The highest BCUT2D eigenvalue weighted by Gasteiger charge is 2.19. The molecule has 1 aliphatic carbocycles. The minimum Gasteiger partial charge on any atom is -0.434 e. The molecule has 0 saturated carbocycles. The van der Waals surface area contributed by atoms with Crippen molar-refractivity contribution >= 4 is 15.9 Å². The number of fused-ring (bicyclic) bond motifs is 1. The summed E-state index contributed by atoms with van der Waals surface area (Å²) in [6, 6.07) is 13.3. The summed E-state index contributed by atoms with van der Waals surface area (Å²) in [6.07, 6.45) is 3.42. The van der Waals surface area contributed by atoms with Crippen molar-refractivity contribution in [3.8, 4) is 5.75 Å². The molecule has 0 heterocycles. The van der Waals surface area contributed by atoms with Crippen LogP contribution in [0.4, 0.5) is 8.78 Å². The van der Waals surface area contributed by atoms with Crippen LogP contribution in [0.25, 0.3) is 0 Å². The van der Waals surface area contributed by atoms with Gasteiger partial charge in [-0.2, -0.15) is 8.78 Å². The van der Waals surface area contributed by atoms with Crippen LogP contribution < -0.4 is 4.74 Å². The van der Waals surface area contributed by atoms with Gasteiger partial charge < -0.3 is 4.74 Å². The lowest BCUT2D eigenvalue weighted by Crippen LogP contribution is -2.05. The van der Waals surface area contributed by atoms with E-state index in [0.717, 1.165) is 24.0 Å². The van der Waals surface area contributed by atoms with Gasteiger partial charge in [0.05, 0.1) is 4.83 Å². The number of halogens is 3. The van der Waals surface area contributed by atoms with Crippen LogP contribution in [0.15, 0.2) is 42.5 Å². The summed E-state index contributed by atoms with van der Waals surface area (Å²) >= 11 is 3.62. The van der Waals surface area contributed by atoms with Crippen LogP contribution in [0.2, 0.25) is 0 Å². The molecule has 0 aromatic heterocycles. The molecule has 0 N–H and O–H groups in total. The molecule has 0 fully saturated rings. The number of aryl methyl sites for hydroxylation is 2. The zero-order valence-corrected chi connectivity index (χ0v) is 12.9. The Labute approximate surface area is 131 Å². The third-order valence-corrected chi connectivity index (χ3v) is 4.85. The quantitative estimate of drug-likeness (QED) is 0.681. The van der Waals surface area contributed by atoms with Crippen LogP contribution in [0.1, 0.15) is 33.5 Å². The first kappa shape index (κ1) is 14.5. The van der Waals surface area contributed by atoms with Crippen LogP contribution >= 0.6 is 15.9 Å². The minimum atomic E-state index is -2.81. The highest BCUT2D eigenvalue weighted by molar-refractivity contribution is 9.09. The number of rotatable bonds is 4. The first-order valence-corrected chi connectivity index (χ1v) is 7.86. The Morgan fingerprint density at radius 2 is 1.76 bits per heavy atom. The molecule has 4 heteroatoms. The molecular weight excluding hydrogens is 338 g/mol. The van der Waals surface area contributed by atoms with E-state index in [1.165, 1.54) is 17.5 Å². The summed E-state index contributed by atoms with van der Waals surface area (Å²) in [5.41, 5.74) is 4.55. The Hall–Kier alpha value is -1.42. The molecule has 21 heavy (non-hydrogen) atoms. The zero-order chi connectivity index (χ0) is 14.8. The van der Waals surface area contributed by atoms with Gasteiger partial charge in [-0.3, -0.25) is 0 Å². The molecule has 1 nitrogen and oxygen atoms in total. The van der Waals surface area contributed by atoms with Crippen LogP contribution in [0, 0.1) is 0 Å². The lowest BCUT2D eigenvalue weighted by Gasteiger charge is -2.16. The zero-order valence-electron chi connectivity index (χ0n) is 11.4. The maximum atomic E-state index is 12.5. The van der Waals surface area contributed by atoms with E-state index < -0.39 is 6.61 Å². The van der Waals surface area contributed by atoms with Crippen molar-refractivity contribution in [2.75, 3.05) is 0 Å². The topological polar surface area (TPSA) is 9.23 Å². The van der Waals surface area contributed by atoms with Crippen molar-refractivity contribution in [2.45, 2.75) is 30.7 Å². The number of hydrogen-bond donors (Lipinski definition) is 0. The molecule has 110 valence electrons. The average Bonchev–Trinajstić information content (AvgIpc) is 2.94. The van der Waals surface area contributed by atoms with E-state index >= 15 is 0 Å². The molecule has 0 amide bonds. The lowest BCUT2D eigenvalue weighted by molar-refractivity contribution is -0.0503. The van der Waals surface area contributed by atoms with Gasteiger partial charge in [-0.15, -0.1) is 0 Å². The van der Waals surface area contributed by atoms with Gasteiger partial charge in [-0.1, -0.05) is 52.3 Å². The fourth-order valence-corrected chi connectivity index (χ4v) is 3.49. The smallest absolute Gasteiger partial charge is 0.387 e. The molecule has 0 radical (unpaired) electrons. The summed E-state index contributed by atoms with van der Waals surface area (Å²) in [5, 5.41) is 0. The third-order valence-electron chi connectivity index (χ3n) is 3.82. The number of para-hydroxylation sites is 1. The summed E-state index contributed by atoms with van der Waals surface area (Å²) in [5.74, 6) is 0.217. The third kappa shape index (κ3) is 3.10. The van der Waals surface area contributed by atoms with Gasteiger partial charge in [-0.05, 0) is 42.0 Å². The summed E-state index contributed by atoms with van der Waals surface area (Å²) in [4.78, 5) is -0.154. The number of hydrogen-bond acceptors (Lipinski definition) is 1. The molecule has 1 aliphatic rings. The van der Waals surface area contributed by atoms with Crippen molar-refractivity contribution in [1.29, 1.82) is 0 Å². The van der Waals surface area contributed by atoms with E-state index in [9.17, 15) is 8.78 Å². The van der Waals surface area contributed by atoms with E-state index in [0.29, 0.717) is 0 Å². The van der Waals surface area contributed by atoms with Crippen molar-refractivity contribution in [2.24, 2.45) is 0 Å². The van der Waals surface area contributed by atoms with Crippen LogP contribution in [0.5, 0.6) is 5.75 Å². The van der Waals surface area contributed by atoms with Gasteiger partial charge in [0.25, 0.3) is 0 Å². The van der Waals surface area contributed by atoms with E-state index in [2.05, 4.69) is 38.9 Å². The van der Waals surface area contributed by atoms with Gasteiger partial charge in [0.2, 0.25) is 0 Å². The summed E-state index contributed by atoms with van der Waals surface area (Å²) in [7, 11) is 0. The van der Waals surface area contributed by atoms with E-state index in [4.69, 9.17) is 0 Å². The van der Waals surface area contributed by atoms with Crippen LogP contribution in [-0.2, 0) is 12.8 Å². The maximum absolute atomic E-state index is 12.5. The first-order chi connectivity index (χ1) is 10.1. The van der Waals surface area contributed by atoms with E-state index in [1.807, 2.05) is 12.1 Å². The molecule has 0 spiro atoms. The largest absolute Gasteiger partial charge is 0.434 e. The standard InChI is InChI=1S/C17H15BrF2O/c18-16(13-9-8-11-4-3-5-12(11)10-13)14-6-1-2-7-15(14)21-17(19)20/h1-2,6-10,16-17H,3-5H2. The maximum Gasteiger partial charge on any atom is 0.387 e. The van der Waals surface area contributed by atoms with Crippen molar-refractivity contribution in [3.05, 3.63) is 64.7 Å². The Morgan fingerprint density at radius 1 is 1.00 bits per heavy atom. The second kappa shape index (κ2) is 6.14. The number of ether oxygens (including phenoxy) is 1. The van der Waals surface area contributed by atoms with Gasteiger partial charge in [-0.25, -0.2) is 0 Å². The summed E-state index contributed by atoms with van der Waals surface area (Å²) < 4.78 is 29.6. The average molecular weight is 353 g/mol. The van der Waals surface area contributed by atoms with E-state index in [-0.39, 0.29) is 10.6 Å². The fourth-order valence-electron chi connectivity index (χ4n) is 2.82.